The van der Waals surface area contributed by atoms with E-state index >= 15 is 0 Å². The third-order valence-corrected chi connectivity index (χ3v) is 9.14. The summed E-state index contributed by atoms with van der Waals surface area (Å²) >= 11 is 0. The molecule has 36 heavy (non-hydrogen) atoms. The van der Waals surface area contributed by atoms with Crippen LogP contribution in [0.5, 0.6) is 11.5 Å². The SMILES string of the molecule is COc1ccc(/C=C/C(=O)O[C@H]2[C@H](OC(C)=O)[C@@H]3C[C@@H](C)C[C@]45[C@@H]3CCCN4CCC[C@H]25)cc1OC. The number of benzene rings is 1. The van der Waals surface area contributed by atoms with Crippen molar-refractivity contribution in [3.8, 4) is 11.5 Å². The molecule has 4 fully saturated rings. The molecule has 0 aromatic heterocycles. The van der Waals surface area contributed by atoms with Crippen molar-refractivity contribution in [2.75, 3.05) is 27.3 Å². The Morgan fingerprint density at radius 2 is 1.72 bits per heavy atom. The third-order valence-electron chi connectivity index (χ3n) is 9.14. The van der Waals surface area contributed by atoms with Crippen molar-refractivity contribution in [3.05, 3.63) is 29.8 Å². The van der Waals surface area contributed by atoms with Crippen molar-refractivity contribution in [2.45, 2.75) is 70.1 Å². The van der Waals surface area contributed by atoms with Crippen molar-refractivity contribution in [2.24, 2.45) is 23.7 Å². The number of hydrogen-bond donors (Lipinski definition) is 0. The first-order valence-electron chi connectivity index (χ1n) is 13.4. The van der Waals surface area contributed by atoms with Crippen molar-refractivity contribution in [1.82, 2.24) is 4.90 Å². The molecule has 2 saturated carbocycles. The van der Waals surface area contributed by atoms with Gasteiger partial charge < -0.3 is 18.9 Å². The number of piperidine rings is 2. The van der Waals surface area contributed by atoms with Gasteiger partial charge in [0, 0.05) is 30.4 Å². The van der Waals surface area contributed by atoms with E-state index in [4.69, 9.17) is 18.9 Å². The van der Waals surface area contributed by atoms with Gasteiger partial charge in [-0.1, -0.05) is 13.0 Å². The maximum absolute atomic E-state index is 13.2. The van der Waals surface area contributed by atoms with Crippen LogP contribution < -0.4 is 9.47 Å². The lowest BCUT2D eigenvalue weighted by molar-refractivity contribution is -0.247. The van der Waals surface area contributed by atoms with Gasteiger partial charge in [-0.25, -0.2) is 4.79 Å². The summed E-state index contributed by atoms with van der Waals surface area (Å²) in [5.41, 5.74) is 0.860. The minimum atomic E-state index is -0.425. The molecule has 196 valence electrons. The predicted molar refractivity (Wildman–Crippen MR) is 136 cm³/mol. The fraction of sp³-hybridized carbons (Fsp3) is 0.655. The number of nitrogens with zero attached hydrogens (tertiary/aromatic N) is 1. The molecule has 1 spiro atoms. The second-order valence-corrected chi connectivity index (χ2v) is 11.1. The highest BCUT2D eigenvalue weighted by Gasteiger charge is 2.67. The molecule has 2 saturated heterocycles. The second kappa shape index (κ2) is 10.1. The van der Waals surface area contributed by atoms with Crippen LogP contribution in [0.4, 0.5) is 0 Å². The summed E-state index contributed by atoms with van der Waals surface area (Å²) in [5.74, 6) is 1.99. The molecule has 2 heterocycles. The fourth-order valence-electron chi connectivity index (χ4n) is 8.14. The second-order valence-electron chi connectivity index (χ2n) is 11.1. The van der Waals surface area contributed by atoms with Gasteiger partial charge >= 0.3 is 11.9 Å². The van der Waals surface area contributed by atoms with Gasteiger partial charge in [-0.2, -0.15) is 0 Å². The van der Waals surface area contributed by atoms with E-state index in [0.717, 1.165) is 44.3 Å². The lowest BCUT2D eigenvalue weighted by Crippen LogP contribution is -2.75. The topological polar surface area (TPSA) is 74.3 Å². The van der Waals surface area contributed by atoms with E-state index in [1.54, 1.807) is 20.3 Å². The first-order valence-corrected chi connectivity index (χ1v) is 13.4. The molecule has 7 atom stereocenters. The van der Waals surface area contributed by atoms with Crippen LogP contribution in [0.15, 0.2) is 24.3 Å². The molecule has 7 heteroatoms. The Hall–Kier alpha value is -2.54. The zero-order chi connectivity index (χ0) is 25.4. The maximum atomic E-state index is 13.2. The molecule has 1 aromatic carbocycles. The van der Waals surface area contributed by atoms with E-state index in [1.807, 2.05) is 18.2 Å². The summed E-state index contributed by atoms with van der Waals surface area (Å²) in [6, 6.07) is 5.49. The number of esters is 2. The smallest absolute Gasteiger partial charge is 0.331 e. The van der Waals surface area contributed by atoms with E-state index in [1.165, 1.54) is 25.8 Å². The highest BCUT2D eigenvalue weighted by atomic mass is 16.6. The van der Waals surface area contributed by atoms with Crippen molar-refractivity contribution >= 4 is 18.0 Å². The largest absolute Gasteiger partial charge is 0.493 e. The lowest BCUT2D eigenvalue weighted by Gasteiger charge is -2.68. The van der Waals surface area contributed by atoms with Crippen LogP contribution in [0.25, 0.3) is 6.08 Å². The highest BCUT2D eigenvalue weighted by molar-refractivity contribution is 5.87. The van der Waals surface area contributed by atoms with Crippen LogP contribution in [-0.2, 0) is 19.1 Å². The van der Waals surface area contributed by atoms with Crippen molar-refractivity contribution in [3.63, 3.8) is 0 Å². The number of hydrogen-bond acceptors (Lipinski definition) is 7. The summed E-state index contributed by atoms with van der Waals surface area (Å²) in [4.78, 5) is 28.1. The summed E-state index contributed by atoms with van der Waals surface area (Å²) in [6.45, 7) is 6.03. The molecule has 0 N–H and O–H groups in total. The molecule has 2 aliphatic carbocycles. The molecule has 7 nitrogen and oxygen atoms in total. The van der Waals surface area contributed by atoms with E-state index < -0.39 is 12.1 Å². The quantitative estimate of drug-likeness (QED) is 0.424. The first kappa shape index (κ1) is 25.1. The van der Waals surface area contributed by atoms with E-state index in [-0.39, 0.29) is 29.4 Å². The van der Waals surface area contributed by atoms with Gasteiger partial charge in [0.25, 0.3) is 0 Å². The molecule has 5 rings (SSSR count). The Morgan fingerprint density at radius 3 is 2.42 bits per heavy atom. The minimum Gasteiger partial charge on any atom is -0.493 e. The van der Waals surface area contributed by atoms with Crippen LogP contribution in [0.3, 0.4) is 0 Å². The average Bonchev–Trinajstić information content (AvgIpc) is 2.86. The van der Waals surface area contributed by atoms with E-state index in [9.17, 15) is 9.59 Å². The number of methoxy groups -OCH3 is 2. The van der Waals surface area contributed by atoms with Crippen LogP contribution in [0, 0.1) is 23.7 Å². The fourth-order valence-corrected chi connectivity index (χ4v) is 8.14. The van der Waals surface area contributed by atoms with Gasteiger partial charge in [0.1, 0.15) is 12.2 Å². The molecule has 0 amide bonds. The number of rotatable bonds is 6. The molecular weight excluding hydrogens is 458 g/mol. The van der Waals surface area contributed by atoms with Crippen LogP contribution in [-0.4, -0.2) is 61.9 Å². The molecule has 1 aromatic rings. The third kappa shape index (κ3) is 4.29. The van der Waals surface area contributed by atoms with Gasteiger partial charge in [0.05, 0.1) is 14.2 Å². The Morgan fingerprint density at radius 1 is 1.00 bits per heavy atom. The van der Waals surface area contributed by atoms with Crippen molar-refractivity contribution < 1.29 is 28.5 Å². The molecule has 0 unspecified atom stereocenters. The summed E-state index contributed by atoms with van der Waals surface area (Å²) in [6.07, 6.45) is 8.98. The Bertz CT molecular complexity index is 1020. The van der Waals surface area contributed by atoms with Crippen molar-refractivity contribution in [1.29, 1.82) is 0 Å². The minimum absolute atomic E-state index is 0.0491. The van der Waals surface area contributed by atoms with Gasteiger partial charge in [-0.3, -0.25) is 9.69 Å². The summed E-state index contributed by atoms with van der Waals surface area (Å²) in [5, 5.41) is 0. The Labute approximate surface area is 214 Å². The average molecular weight is 498 g/mol. The molecule has 2 aliphatic heterocycles. The van der Waals surface area contributed by atoms with Gasteiger partial charge in [-0.05, 0) is 87.2 Å². The zero-order valence-corrected chi connectivity index (χ0v) is 21.9. The maximum Gasteiger partial charge on any atom is 0.331 e. The van der Waals surface area contributed by atoms with Crippen LogP contribution >= 0.6 is 0 Å². The standard InChI is InChI=1S/C29H39NO6/c1-18-15-21-22-7-5-13-30-14-6-8-23(29(22,30)17-18)28(27(21)35-19(2)31)36-26(32)12-10-20-9-11-24(33-3)25(16-20)34-4/h9-12,16,18,21-23,27-28H,5-8,13-15,17H2,1-4H3/b12-10+/t18-,21-,22-,23-,27-,28-,29-/m1/s1. The highest BCUT2D eigenvalue weighted by Crippen LogP contribution is 2.61. The Balaban J connectivity index is 1.43. The van der Waals surface area contributed by atoms with Gasteiger partial charge in [0.2, 0.25) is 0 Å². The van der Waals surface area contributed by atoms with Gasteiger partial charge in [-0.15, -0.1) is 0 Å². The van der Waals surface area contributed by atoms with E-state index in [0.29, 0.717) is 23.3 Å². The number of ether oxygens (including phenoxy) is 4. The zero-order valence-electron chi connectivity index (χ0n) is 21.9. The normalized spacial score (nSPS) is 35.6. The van der Waals surface area contributed by atoms with Crippen LogP contribution in [0.2, 0.25) is 0 Å². The first-order chi connectivity index (χ1) is 17.4. The predicted octanol–water partition coefficient (Wildman–Crippen LogP) is 4.48. The molecular formula is C29H39NO6. The Kier molecular flexibility index (Phi) is 7.03. The van der Waals surface area contributed by atoms with Crippen LogP contribution in [0.1, 0.15) is 57.9 Å². The summed E-state index contributed by atoms with van der Waals surface area (Å²) in [7, 11) is 3.17. The van der Waals surface area contributed by atoms with Gasteiger partial charge in [0.15, 0.2) is 11.5 Å². The molecule has 0 radical (unpaired) electrons. The lowest BCUT2D eigenvalue weighted by atomic mass is 9.47. The summed E-state index contributed by atoms with van der Waals surface area (Å²) < 4.78 is 22.9. The number of carbonyl (C=O) groups excluding carboxylic acids is 2. The molecule has 4 aliphatic rings. The monoisotopic (exact) mass is 497 g/mol. The van der Waals surface area contributed by atoms with E-state index in [2.05, 4.69) is 11.8 Å². The molecule has 2 bridgehead atoms. The number of carbonyl (C=O) groups is 2.